The number of nitro groups is 1. The minimum atomic E-state index is -1.27. The molecule has 0 aliphatic carbocycles. The fourth-order valence-corrected chi connectivity index (χ4v) is 3.43. The number of esters is 2. The maximum Gasteiger partial charge on any atom is 0.346 e. The van der Waals surface area contributed by atoms with E-state index >= 15 is 0 Å². The average molecular weight is 466 g/mol. The number of carbonyl (C=O) groups excluding carboxylic acids is 2. The molecule has 0 aliphatic heterocycles. The van der Waals surface area contributed by atoms with Crippen molar-refractivity contribution >= 4 is 41.3 Å². The number of carboxylic acids is 1. The van der Waals surface area contributed by atoms with E-state index in [2.05, 4.69) is 0 Å². The van der Waals surface area contributed by atoms with E-state index in [1.165, 1.54) is 42.5 Å². The van der Waals surface area contributed by atoms with Crippen LogP contribution in [0.3, 0.4) is 0 Å². The Hall–Kier alpha value is -4.30. The van der Waals surface area contributed by atoms with Crippen LogP contribution in [0.25, 0.3) is 17.2 Å². The molecule has 0 heterocycles. The molecule has 0 atom stereocenters. The first-order valence-electron chi connectivity index (χ1n) is 9.49. The lowest BCUT2D eigenvalue weighted by molar-refractivity contribution is -0.384. The molecule has 0 bridgehead atoms. The fourth-order valence-electron chi connectivity index (χ4n) is 3.18. The zero-order valence-corrected chi connectivity index (χ0v) is 17.9. The van der Waals surface area contributed by atoms with E-state index in [0.29, 0.717) is 11.1 Å². The number of rotatable bonds is 6. The summed E-state index contributed by atoms with van der Waals surface area (Å²) >= 11 is 6.06. The van der Waals surface area contributed by atoms with Crippen molar-refractivity contribution in [3.05, 3.63) is 104 Å². The van der Waals surface area contributed by atoms with Crippen LogP contribution in [0.4, 0.5) is 5.69 Å². The molecule has 0 spiro atoms. The fraction of sp³-hybridized carbons (Fsp3) is 0.0417. The number of benzene rings is 3. The largest absolute Gasteiger partial charge is 0.478 e. The Morgan fingerprint density at radius 3 is 2.18 bits per heavy atom. The van der Waals surface area contributed by atoms with E-state index in [1.54, 1.807) is 31.2 Å². The molecule has 0 radical (unpaired) electrons. The lowest BCUT2D eigenvalue weighted by Crippen LogP contribution is -2.14. The molecule has 33 heavy (non-hydrogen) atoms. The summed E-state index contributed by atoms with van der Waals surface area (Å²) < 4.78 is 4.94. The predicted molar refractivity (Wildman–Crippen MR) is 121 cm³/mol. The molecule has 0 unspecified atom stereocenters. The summed E-state index contributed by atoms with van der Waals surface area (Å²) in [5.74, 6) is -3.19. The summed E-state index contributed by atoms with van der Waals surface area (Å²) in [7, 11) is 0. The van der Waals surface area contributed by atoms with E-state index in [9.17, 15) is 29.6 Å². The van der Waals surface area contributed by atoms with Gasteiger partial charge in [0.05, 0.1) is 21.1 Å². The number of ether oxygens (including phenoxy) is 1. The first-order chi connectivity index (χ1) is 15.7. The number of carbonyl (C=O) groups is 3. The number of nitrogens with zero attached hydrogens (tertiary/aromatic N) is 1. The summed E-state index contributed by atoms with van der Waals surface area (Å²) in [6, 6.07) is 14.7. The Balaban J connectivity index is 1.88. The Morgan fingerprint density at radius 2 is 1.58 bits per heavy atom. The topological polar surface area (TPSA) is 124 Å². The maximum absolute atomic E-state index is 12.8. The van der Waals surface area contributed by atoms with Crippen molar-refractivity contribution in [2.24, 2.45) is 0 Å². The Labute approximate surface area is 192 Å². The van der Waals surface area contributed by atoms with E-state index in [-0.39, 0.29) is 33.0 Å². The van der Waals surface area contributed by atoms with Crippen LogP contribution in [0.15, 0.2) is 66.7 Å². The molecule has 0 saturated carbocycles. The molecule has 1 N–H and O–H groups in total. The molecule has 0 aromatic heterocycles. The third-order valence-electron chi connectivity index (χ3n) is 4.70. The van der Waals surface area contributed by atoms with Gasteiger partial charge in [-0.15, -0.1) is 0 Å². The van der Waals surface area contributed by atoms with Crippen molar-refractivity contribution < 1.29 is 29.2 Å². The van der Waals surface area contributed by atoms with Crippen LogP contribution in [0.1, 0.15) is 31.8 Å². The zero-order valence-electron chi connectivity index (χ0n) is 17.2. The number of nitro benzene ring substituents is 1. The quantitative estimate of drug-likeness (QED) is 0.172. The van der Waals surface area contributed by atoms with Crippen molar-refractivity contribution in [2.45, 2.75) is 6.92 Å². The Kier molecular flexibility index (Phi) is 7.00. The van der Waals surface area contributed by atoms with Crippen molar-refractivity contribution in [3.63, 3.8) is 0 Å². The summed E-state index contributed by atoms with van der Waals surface area (Å²) in [4.78, 5) is 46.9. The molecular weight excluding hydrogens is 450 g/mol. The maximum atomic E-state index is 12.8. The number of non-ortho nitro benzene ring substituents is 1. The molecule has 0 saturated heterocycles. The summed E-state index contributed by atoms with van der Waals surface area (Å²) in [6.45, 7) is 1.63. The number of carboxylic acid groups (broad SMARTS) is 1. The minimum absolute atomic E-state index is 0.00271. The van der Waals surface area contributed by atoms with Crippen molar-refractivity contribution in [3.8, 4) is 11.1 Å². The molecular formula is C24H16ClNO7. The highest BCUT2D eigenvalue weighted by Gasteiger charge is 2.23. The standard InChI is InChI=1S/C24H16ClNO7/c1-14-4-2-5-17(18-6-3-7-19(25)22(18)23(28)29)21(14)24(30)33-20(27)13-10-15-8-11-16(12-9-15)26(31)32/h2-13H,1H3,(H,28,29)/b13-10+. The van der Waals surface area contributed by atoms with Gasteiger partial charge in [0.2, 0.25) is 0 Å². The van der Waals surface area contributed by atoms with E-state index in [4.69, 9.17) is 16.3 Å². The Bertz CT molecular complexity index is 1300. The van der Waals surface area contributed by atoms with Crippen LogP contribution in [0.5, 0.6) is 0 Å². The van der Waals surface area contributed by atoms with Gasteiger partial charge in [-0.3, -0.25) is 10.1 Å². The normalized spacial score (nSPS) is 10.7. The molecule has 3 rings (SSSR count). The zero-order chi connectivity index (χ0) is 24.1. The monoisotopic (exact) mass is 465 g/mol. The van der Waals surface area contributed by atoms with E-state index in [0.717, 1.165) is 6.08 Å². The molecule has 0 amide bonds. The highest BCUT2D eigenvalue weighted by atomic mass is 35.5. The number of hydrogen-bond donors (Lipinski definition) is 1. The van der Waals surface area contributed by atoms with Crippen LogP contribution >= 0.6 is 11.6 Å². The average Bonchev–Trinajstić information content (AvgIpc) is 2.77. The second-order valence-electron chi connectivity index (χ2n) is 6.86. The molecule has 3 aromatic rings. The summed E-state index contributed by atoms with van der Waals surface area (Å²) in [6.07, 6.45) is 2.36. The van der Waals surface area contributed by atoms with E-state index in [1.807, 2.05) is 0 Å². The van der Waals surface area contributed by atoms with Crippen molar-refractivity contribution in [1.82, 2.24) is 0 Å². The molecule has 0 fully saturated rings. The highest BCUT2D eigenvalue weighted by molar-refractivity contribution is 6.34. The number of aryl methyl sites for hydroxylation is 1. The van der Waals surface area contributed by atoms with Crippen LogP contribution in [-0.4, -0.2) is 27.9 Å². The van der Waals surface area contributed by atoms with Crippen molar-refractivity contribution in [1.29, 1.82) is 0 Å². The van der Waals surface area contributed by atoms with Gasteiger partial charge in [-0.25, -0.2) is 14.4 Å². The smallest absolute Gasteiger partial charge is 0.346 e. The second-order valence-corrected chi connectivity index (χ2v) is 7.26. The first kappa shape index (κ1) is 23.4. The summed E-state index contributed by atoms with van der Waals surface area (Å²) in [5, 5.41) is 20.3. The van der Waals surface area contributed by atoms with Crippen LogP contribution in [0.2, 0.25) is 5.02 Å². The van der Waals surface area contributed by atoms with E-state index < -0.39 is 22.8 Å². The minimum Gasteiger partial charge on any atom is -0.478 e. The molecule has 3 aromatic carbocycles. The van der Waals surface area contributed by atoms with Gasteiger partial charge in [-0.05, 0) is 53.5 Å². The van der Waals surface area contributed by atoms with Gasteiger partial charge in [0.15, 0.2) is 0 Å². The van der Waals surface area contributed by atoms with Gasteiger partial charge in [0, 0.05) is 18.2 Å². The number of aromatic carboxylic acids is 1. The molecule has 0 aliphatic rings. The van der Waals surface area contributed by atoms with Crippen molar-refractivity contribution in [2.75, 3.05) is 0 Å². The van der Waals surface area contributed by atoms with Crippen LogP contribution in [0, 0.1) is 17.0 Å². The Morgan fingerprint density at radius 1 is 0.970 bits per heavy atom. The number of halogens is 1. The third kappa shape index (κ3) is 5.31. The lowest BCUT2D eigenvalue weighted by atomic mass is 9.92. The SMILES string of the molecule is Cc1cccc(-c2cccc(Cl)c2C(=O)O)c1C(=O)OC(=O)/C=C/c1ccc([N+](=O)[O-])cc1. The van der Waals surface area contributed by atoms with Gasteiger partial charge in [0.25, 0.3) is 5.69 Å². The molecule has 8 nitrogen and oxygen atoms in total. The first-order valence-corrected chi connectivity index (χ1v) is 9.87. The predicted octanol–water partition coefficient (Wildman–Crippen LogP) is 5.32. The molecule has 166 valence electrons. The van der Waals surface area contributed by atoms with Crippen LogP contribution in [-0.2, 0) is 9.53 Å². The lowest BCUT2D eigenvalue weighted by Gasteiger charge is -2.14. The number of hydrogen-bond acceptors (Lipinski definition) is 6. The summed E-state index contributed by atoms with van der Waals surface area (Å²) in [5.41, 5.74) is 1.18. The highest BCUT2D eigenvalue weighted by Crippen LogP contribution is 2.33. The third-order valence-corrected chi connectivity index (χ3v) is 5.02. The van der Waals surface area contributed by atoms with Crippen LogP contribution < -0.4 is 0 Å². The van der Waals surface area contributed by atoms with Gasteiger partial charge < -0.3 is 9.84 Å². The van der Waals surface area contributed by atoms with Gasteiger partial charge >= 0.3 is 17.9 Å². The van der Waals surface area contributed by atoms with Gasteiger partial charge in [-0.1, -0.05) is 41.9 Å². The van der Waals surface area contributed by atoms with Gasteiger partial charge in [-0.2, -0.15) is 0 Å². The molecule has 9 heteroatoms. The van der Waals surface area contributed by atoms with Gasteiger partial charge in [0.1, 0.15) is 0 Å². The second kappa shape index (κ2) is 9.88.